The molecule has 4 nitrogen and oxygen atoms in total. The molecule has 0 bridgehead atoms. The standard InChI is InChI=1S/C52H38N2O2/c1-2-11-35(12-3-1)53-43-25-22-34(30-40(43)50-36-13-5-4-10-31(36)20-26-45(50)53)37-14-8-18-48-51(37)41-29-33(23-27-46(41)55-48)32-21-24-42-39(28-32)38-15-9-19-49-52(38)54(42)44-16-6-7-17-47(44)56-49/h1-20,22,24-29,32-34,37,51H,21,23,30H2. The maximum absolute atomic E-state index is 6.71. The van der Waals surface area contributed by atoms with E-state index in [1.807, 2.05) is 0 Å². The van der Waals surface area contributed by atoms with Crippen molar-refractivity contribution in [1.82, 2.24) is 9.13 Å². The van der Waals surface area contributed by atoms with Crippen molar-refractivity contribution >= 4 is 50.8 Å². The lowest BCUT2D eigenvalue weighted by Gasteiger charge is -2.32. The molecular formula is C52H38N2O2. The molecule has 5 aromatic carbocycles. The smallest absolute Gasteiger partial charge is 0.152 e. The Kier molecular flexibility index (Phi) is 6.32. The van der Waals surface area contributed by atoms with E-state index in [1.165, 1.54) is 65.7 Å². The summed E-state index contributed by atoms with van der Waals surface area (Å²) < 4.78 is 18.0. The topological polar surface area (TPSA) is 28.3 Å². The van der Waals surface area contributed by atoms with Gasteiger partial charge in [-0.3, -0.25) is 0 Å². The zero-order valence-electron chi connectivity index (χ0n) is 30.8. The minimum Gasteiger partial charge on any atom is -0.461 e. The van der Waals surface area contributed by atoms with Crippen LogP contribution in [0.4, 0.5) is 0 Å². The van der Waals surface area contributed by atoms with Gasteiger partial charge in [-0.25, -0.2) is 0 Å². The van der Waals surface area contributed by atoms with E-state index in [9.17, 15) is 0 Å². The van der Waals surface area contributed by atoms with Crippen LogP contribution in [0.25, 0.3) is 62.2 Å². The lowest BCUT2D eigenvalue weighted by Crippen LogP contribution is -2.34. The Morgan fingerprint density at radius 1 is 0.643 bits per heavy atom. The number of para-hydroxylation sites is 4. The van der Waals surface area contributed by atoms with E-state index < -0.39 is 0 Å². The summed E-state index contributed by atoms with van der Waals surface area (Å²) in [5, 5.41) is 7.89. The first-order valence-corrected chi connectivity index (χ1v) is 20.2. The summed E-state index contributed by atoms with van der Waals surface area (Å²) in [4.78, 5) is 0. The highest BCUT2D eigenvalue weighted by Crippen LogP contribution is 2.52. The predicted molar refractivity (Wildman–Crippen MR) is 226 cm³/mol. The molecule has 0 radical (unpaired) electrons. The summed E-state index contributed by atoms with van der Waals surface area (Å²) in [5.41, 5.74) is 8.90. The van der Waals surface area contributed by atoms with E-state index in [2.05, 4.69) is 173 Å². The maximum Gasteiger partial charge on any atom is 0.152 e. The summed E-state index contributed by atoms with van der Waals surface area (Å²) in [5.74, 6) is 5.65. The first kappa shape index (κ1) is 30.8. The van der Waals surface area contributed by atoms with Crippen LogP contribution in [0.2, 0.25) is 0 Å². The second-order valence-corrected chi connectivity index (χ2v) is 16.3. The second-order valence-electron chi connectivity index (χ2n) is 16.3. The van der Waals surface area contributed by atoms with Gasteiger partial charge in [-0.2, -0.15) is 0 Å². The number of nitrogens with zero attached hydrogens (tertiary/aromatic N) is 2. The van der Waals surface area contributed by atoms with Gasteiger partial charge in [0.1, 0.15) is 11.5 Å². The third-order valence-corrected chi connectivity index (χ3v) is 13.4. The van der Waals surface area contributed by atoms with Crippen molar-refractivity contribution in [2.75, 3.05) is 0 Å². The van der Waals surface area contributed by atoms with Crippen molar-refractivity contribution in [2.45, 2.75) is 19.3 Å². The number of hydrogen-bond donors (Lipinski definition) is 0. The van der Waals surface area contributed by atoms with E-state index in [0.29, 0.717) is 23.7 Å². The number of allylic oxidation sites excluding steroid dienone is 8. The molecule has 4 heterocycles. The Bertz CT molecular complexity index is 3150. The third-order valence-electron chi connectivity index (χ3n) is 13.4. The van der Waals surface area contributed by atoms with Gasteiger partial charge >= 0.3 is 0 Å². The van der Waals surface area contributed by atoms with E-state index in [0.717, 1.165) is 48.0 Å². The number of benzene rings is 5. The maximum atomic E-state index is 6.71. The molecule has 0 saturated carbocycles. The molecule has 13 rings (SSSR count). The van der Waals surface area contributed by atoms with Crippen LogP contribution in [0.15, 0.2) is 163 Å². The van der Waals surface area contributed by atoms with Crippen LogP contribution < -0.4 is 15.3 Å². The van der Waals surface area contributed by atoms with Crippen LogP contribution in [0.3, 0.4) is 0 Å². The molecule has 0 spiro atoms. The van der Waals surface area contributed by atoms with E-state index >= 15 is 0 Å². The highest BCUT2D eigenvalue weighted by atomic mass is 16.5. The monoisotopic (exact) mass is 722 g/mol. The summed E-state index contributed by atoms with van der Waals surface area (Å²) in [6.45, 7) is 0. The average molecular weight is 723 g/mol. The fraction of sp³-hybridized carbons (Fsp3) is 0.154. The molecular weight excluding hydrogens is 685 g/mol. The van der Waals surface area contributed by atoms with Crippen molar-refractivity contribution in [3.63, 3.8) is 0 Å². The molecule has 2 aromatic heterocycles. The Hall–Kier alpha value is -6.52. The van der Waals surface area contributed by atoms with Crippen LogP contribution in [0.5, 0.6) is 11.5 Å². The number of rotatable bonds is 3. The van der Waals surface area contributed by atoms with Gasteiger partial charge < -0.3 is 18.6 Å². The average Bonchev–Trinajstić information content (AvgIpc) is 3.92. The zero-order chi connectivity index (χ0) is 36.5. The minimum absolute atomic E-state index is 0.208. The Morgan fingerprint density at radius 2 is 1.46 bits per heavy atom. The molecule has 268 valence electrons. The number of hydrogen-bond acceptors (Lipinski definition) is 2. The molecule has 6 aliphatic rings. The number of ether oxygens (including phenoxy) is 2. The third kappa shape index (κ3) is 4.24. The summed E-state index contributed by atoms with van der Waals surface area (Å²) in [6, 6.07) is 39.2. The highest BCUT2D eigenvalue weighted by molar-refractivity contribution is 6.10. The van der Waals surface area contributed by atoms with Gasteiger partial charge in [-0.1, -0.05) is 109 Å². The number of aromatic nitrogens is 2. The van der Waals surface area contributed by atoms with Gasteiger partial charge in [-0.05, 0) is 114 Å². The quantitative estimate of drug-likeness (QED) is 0.182. The molecule has 0 N–H and O–H groups in total. The van der Waals surface area contributed by atoms with Crippen LogP contribution in [-0.2, 0) is 11.2 Å². The summed E-state index contributed by atoms with van der Waals surface area (Å²) in [6.07, 6.45) is 24.8. The van der Waals surface area contributed by atoms with Crippen molar-refractivity contribution in [2.24, 2.45) is 29.6 Å². The van der Waals surface area contributed by atoms with Gasteiger partial charge in [0.15, 0.2) is 11.5 Å². The van der Waals surface area contributed by atoms with Crippen LogP contribution >= 0.6 is 0 Å². The van der Waals surface area contributed by atoms with Crippen molar-refractivity contribution in [1.29, 1.82) is 0 Å². The van der Waals surface area contributed by atoms with Gasteiger partial charge in [0.25, 0.3) is 0 Å². The van der Waals surface area contributed by atoms with Crippen molar-refractivity contribution < 1.29 is 9.47 Å². The molecule has 56 heavy (non-hydrogen) atoms. The molecule has 0 amide bonds. The molecule has 2 aliphatic heterocycles. The lowest BCUT2D eigenvalue weighted by molar-refractivity contribution is 0.291. The van der Waals surface area contributed by atoms with Crippen molar-refractivity contribution in [3.8, 4) is 22.9 Å². The molecule has 4 aliphatic carbocycles. The molecule has 1 fully saturated rings. The summed E-state index contributed by atoms with van der Waals surface area (Å²) >= 11 is 0. The van der Waals surface area contributed by atoms with E-state index in [4.69, 9.17) is 9.47 Å². The van der Waals surface area contributed by atoms with E-state index in [1.54, 1.807) is 0 Å². The second kappa shape index (κ2) is 11.5. The van der Waals surface area contributed by atoms with Gasteiger partial charge in [0, 0.05) is 32.9 Å². The van der Waals surface area contributed by atoms with Crippen LogP contribution in [0, 0.1) is 29.6 Å². The van der Waals surface area contributed by atoms with Gasteiger partial charge in [-0.15, -0.1) is 0 Å². The predicted octanol–water partition coefficient (Wildman–Crippen LogP) is 10.8. The molecule has 5 atom stereocenters. The summed E-state index contributed by atoms with van der Waals surface area (Å²) in [7, 11) is 0. The molecule has 4 heteroatoms. The van der Waals surface area contributed by atoms with E-state index in [-0.39, 0.29) is 5.92 Å². The van der Waals surface area contributed by atoms with Crippen LogP contribution in [0.1, 0.15) is 24.1 Å². The Labute approximate surface area is 324 Å². The Morgan fingerprint density at radius 3 is 2.43 bits per heavy atom. The normalized spacial score (nSPS) is 23.7. The molecule has 5 unspecified atom stereocenters. The zero-order valence-corrected chi connectivity index (χ0v) is 30.8. The van der Waals surface area contributed by atoms with Crippen molar-refractivity contribution in [3.05, 3.63) is 185 Å². The fourth-order valence-corrected chi connectivity index (χ4v) is 11.0. The van der Waals surface area contributed by atoms with Gasteiger partial charge in [0.2, 0.25) is 0 Å². The minimum atomic E-state index is 0.208. The Balaban J connectivity index is 0.883. The first-order valence-electron chi connectivity index (χ1n) is 20.2. The molecule has 1 saturated heterocycles. The highest BCUT2D eigenvalue weighted by Gasteiger charge is 2.44. The lowest BCUT2D eigenvalue weighted by atomic mass is 9.69. The first-order chi connectivity index (χ1) is 27.8. The molecule has 7 aromatic rings. The number of fused-ring (bicyclic) bond motifs is 13. The fourth-order valence-electron chi connectivity index (χ4n) is 11.0. The van der Waals surface area contributed by atoms with Gasteiger partial charge in [0.05, 0.1) is 28.0 Å². The largest absolute Gasteiger partial charge is 0.461 e. The van der Waals surface area contributed by atoms with Crippen LogP contribution in [-0.4, -0.2) is 9.13 Å². The SMILES string of the molecule is C1=CC(C2C=Cc3c(c4c5ccccc5ccc4n3-c3ccccc3)C2)C2C(=C1)OC1=CCC(C3C=c4c(n5c6c(cccc46)Oc4ccccc4-5)=CC3)C=C12.